The molecule has 2 aliphatic rings. The van der Waals surface area contributed by atoms with Gasteiger partial charge in [-0.15, -0.1) is 0 Å². The smallest absolute Gasteiger partial charge is 0.255 e. The Bertz CT molecular complexity index is 1110. The number of carbonyl (C=O) groups excluding carboxylic acids is 1. The van der Waals surface area contributed by atoms with Crippen LogP contribution in [0.5, 0.6) is 0 Å². The summed E-state index contributed by atoms with van der Waals surface area (Å²) >= 11 is 0. The lowest BCUT2D eigenvalue weighted by Crippen LogP contribution is -2.53. The van der Waals surface area contributed by atoms with Gasteiger partial charge in [0.2, 0.25) is 5.95 Å². The molecule has 1 fully saturated rings. The predicted octanol–water partition coefficient (Wildman–Crippen LogP) is 2.53. The van der Waals surface area contributed by atoms with Crippen molar-refractivity contribution in [3.63, 3.8) is 0 Å². The Labute approximate surface area is 187 Å². The highest BCUT2D eigenvalue weighted by molar-refractivity contribution is 5.94. The monoisotopic (exact) mass is 429 g/mol. The van der Waals surface area contributed by atoms with Gasteiger partial charge in [0.05, 0.1) is 18.0 Å². The second kappa shape index (κ2) is 8.18. The Balaban J connectivity index is 1.41. The summed E-state index contributed by atoms with van der Waals surface area (Å²) < 4.78 is 0. The molecule has 5 rings (SSSR count). The summed E-state index contributed by atoms with van der Waals surface area (Å²) in [5.74, 6) is 1.69. The molecule has 1 aromatic carbocycles. The van der Waals surface area contributed by atoms with Crippen LogP contribution in [-0.4, -0.2) is 64.7 Å². The van der Waals surface area contributed by atoms with Crippen molar-refractivity contribution in [2.75, 3.05) is 43.5 Å². The molecule has 1 spiro atoms. The second-order valence-corrected chi connectivity index (χ2v) is 8.83. The van der Waals surface area contributed by atoms with Gasteiger partial charge in [0, 0.05) is 51.9 Å². The number of nitrogens with zero attached hydrogens (tertiary/aromatic N) is 7. The van der Waals surface area contributed by atoms with Crippen LogP contribution in [0.15, 0.2) is 55.0 Å². The molecule has 164 valence electrons. The summed E-state index contributed by atoms with van der Waals surface area (Å²) in [7, 11) is 3.90. The van der Waals surface area contributed by atoms with Gasteiger partial charge in [0.15, 0.2) is 0 Å². The number of amides is 1. The van der Waals surface area contributed by atoms with Gasteiger partial charge >= 0.3 is 0 Å². The summed E-state index contributed by atoms with van der Waals surface area (Å²) in [6.07, 6.45) is 6.87. The lowest BCUT2D eigenvalue weighted by atomic mass is 9.68. The van der Waals surface area contributed by atoms with Crippen LogP contribution in [0.3, 0.4) is 0 Å². The maximum Gasteiger partial charge on any atom is 0.255 e. The van der Waals surface area contributed by atoms with Gasteiger partial charge in [-0.3, -0.25) is 4.79 Å². The van der Waals surface area contributed by atoms with Gasteiger partial charge in [0.1, 0.15) is 5.82 Å². The van der Waals surface area contributed by atoms with Crippen LogP contribution in [0.25, 0.3) is 0 Å². The van der Waals surface area contributed by atoms with E-state index < -0.39 is 0 Å². The third-order valence-electron chi connectivity index (χ3n) is 6.63. The molecule has 4 heterocycles. The number of piperidine rings is 1. The summed E-state index contributed by atoms with van der Waals surface area (Å²) in [5, 5.41) is 7.70. The van der Waals surface area contributed by atoms with E-state index in [-0.39, 0.29) is 11.3 Å². The fourth-order valence-corrected chi connectivity index (χ4v) is 4.95. The minimum atomic E-state index is -0.0567. The number of hydrogen-bond donors (Lipinski definition) is 0. The average Bonchev–Trinajstić information content (AvgIpc) is 2.84. The van der Waals surface area contributed by atoms with E-state index in [2.05, 4.69) is 44.3 Å². The molecule has 0 aliphatic carbocycles. The SMILES string of the molecule is CN(C)c1nccc(N2CCC3(CC2)CN(C(=O)c2ccnnc2)Cc2ccccc23)n1. The van der Waals surface area contributed by atoms with Crippen LogP contribution in [-0.2, 0) is 12.0 Å². The molecule has 1 saturated heterocycles. The quantitative estimate of drug-likeness (QED) is 0.633. The third kappa shape index (κ3) is 3.66. The Morgan fingerprint density at radius 1 is 1.03 bits per heavy atom. The number of benzene rings is 1. The fourth-order valence-electron chi connectivity index (χ4n) is 4.95. The first-order valence-electron chi connectivity index (χ1n) is 11.0. The highest BCUT2D eigenvalue weighted by Crippen LogP contribution is 2.42. The summed E-state index contributed by atoms with van der Waals surface area (Å²) in [4.78, 5) is 28.5. The molecule has 8 nitrogen and oxygen atoms in total. The molecule has 3 aromatic rings. The molecular weight excluding hydrogens is 402 g/mol. The van der Waals surface area contributed by atoms with E-state index in [0.29, 0.717) is 24.6 Å². The van der Waals surface area contributed by atoms with E-state index in [4.69, 9.17) is 4.98 Å². The fraction of sp³-hybridized carbons (Fsp3) is 0.375. The van der Waals surface area contributed by atoms with Crippen LogP contribution in [0.4, 0.5) is 11.8 Å². The zero-order valence-corrected chi connectivity index (χ0v) is 18.5. The van der Waals surface area contributed by atoms with Crippen molar-refractivity contribution in [2.24, 2.45) is 0 Å². The van der Waals surface area contributed by atoms with Crippen molar-refractivity contribution in [3.8, 4) is 0 Å². The highest BCUT2D eigenvalue weighted by atomic mass is 16.2. The molecule has 32 heavy (non-hydrogen) atoms. The number of aromatic nitrogens is 4. The lowest BCUT2D eigenvalue weighted by molar-refractivity contribution is 0.0647. The first-order valence-corrected chi connectivity index (χ1v) is 11.0. The molecule has 2 aromatic heterocycles. The largest absolute Gasteiger partial charge is 0.356 e. The Hall–Kier alpha value is -3.55. The van der Waals surface area contributed by atoms with Crippen LogP contribution in [0.1, 0.15) is 34.3 Å². The molecule has 0 radical (unpaired) electrons. The zero-order valence-electron chi connectivity index (χ0n) is 18.5. The summed E-state index contributed by atoms with van der Waals surface area (Å²) in [6, 6.07) is 12.3. The number of anilines is 2. The van der Waals surface area contributed by atoms with Crippen LogP contribution >= 0.6 is 0 Å². The molecule has 0 unspecified atom stereocenters. The number of hydrogen-bond acceptors (Lipinski definition) is 7. The van der Waals surface area contributed by atoms with Crippen molar-refractivity contribution in [2.45, 2.75) is 24.8 Å². The normalized spacial score (nSPS) is 17.2. The number of carbonyl (C=O) groups is 1. The molecule has 0 saturated carbocycles. The van der Waals surface area contributed by atoms with Crippen LogP contribution < -0.4 is 9.80 Å². The maximum absolute atomic E-state index is 13.2. The van der Waals surface area contributed by atoms with Gasteiger partial charge in [-0.05, 0) is 36.1 Å². The molecule has 0 atom stereocenters. The number of fused-ring (bicyclic) bond motifs is 2. The topological polar surface area (TPSA) is 78.4 Å². The summed E-state index contributed by atoms with van der Waals surface area (Å²) in [6.45, 7) is 3.11. The van der Waals surface area contributed by atoms with E-state index in [1.165, 1.54) is 11.1 Å². The van der Waals surface area contributed by atoms with Crippen LogP contribution in [0.2, 0.25) is 0 Å². The van der Waals surface area contributed by atoms with E-state index in [1.54, 1.807) is 18.5 Å². The molecule has 2 aliphatic heterocycles. The Morgan fingerprint density at radius 3 is 2.59 bits per heavy atom. The van der Waals surface area contributed by atoms with Crippen molar-refractivity contribution in [3.05, 3.63) is 71.7 Å². The Kier molecular flexibility index (Phi) is 5.20. The van der Waals surface area contributed by atoms with E-state index >= 15 is 0 Å². The zero-order chi connectivity index (χ0) is 22.1. The van der Waals surface area contributed by atoms with E-state index in [0.717, 1.165) is 31.7 Å². The van der Waals surface area contributed by atoms with Crippen molar-refractivity contribution >= 4 is 17.7 Å². The van der Waals surface area contributed by atoms with Crippen LogP contribution in [0, 0.1) is 0 Å². The van der Waals surface area contributed by atoms with Gasteiger partial charge in [-0.2, -0.15) is 15.2 Å². The molecular formula is C24H27N7O. The minimum Gasteiger partial charge on any atom is -0.356 e. The van der Waals surface area contributed by atoms with Gasteiger partial charge in [0.25, 0.3) is 5.91 Å². The lowest BCUT2D eigenvalue weighted by Gasteiger charge is -2.49. The van der Waals surface area contributed by atoms with Gasteiger partial charge in [-0.1, -0.05) is 24.3 Å². The molecule has 0 bridgehead atoms. The van der Waals surface area contributed by atoms with Gasteiger partial charge < -0.3 is 14.7 Å². The van der Waals surface area contributed by atoms with Crippen molar-refractivity contribution in [1.29, 1.82) is 0 Å². The molecule has 0 N–H and O–H groups in total. The molecule has 8 heteroatoms. The maximum atomic E-state index is 13.2. The second-order valence-electron chi connectivity index (χ2n) is 8.83. The Morgan fingerprint density at radius 2 is 1.84 bits per heavy atom. The predicted molar refractivity (Wildman–Crippen MR) is 123 cm³/mol. The van der Waals surface area contributed by atoms with Gasteiger partial charge in [-0.25, -0.2) is 4.98 Å². The first-order chi connectivity index (χ1) is 15.6. The first kappa shape index (κ1) is 20.4. The minimum absolute atomic E-state index is 0.0163. The van der Waals surface area contributed by atoms with Crippen molar-refractivity contribution in [1.82, 2.24) is 25.1 Å². The number of rotatable bonds is 3. The standard InChI is InChI=1S/C24H27N7O/c1-29(2)23-25-11-8-21(28-23)30-13-9-24(10-14-30)17-31(16-19-5-3-4-6-20(19)24)22(32)18-7-12-26-27-15-18/h3-8,11-12,15H,9-10,13-14,16-17H2,1-2H3. The summed E-state index contributed by atoms with van der Waals surface area (Å²) in [5.41, 5.74) is 3.15. The molecule has 1 amide bonds. The highest BCUT2D eigenvalue weighted by Gasteiger charge is 2.43. The van der Waals surface area contributed by atoms with Crippen molar-refractivity contribution < 1.29 is 4.79 Å². The average molecular weight is 430 g/mol. The van der Waals surface area contributed by atoms with E-state index in [1.807, 2.05) is 36.2 Å². The third-order valence-corrected chi connectivity index (χ3v) is 6.63. The van der Waals surface area contributed by atoms with E-state index in [9.17, 15) is 4.79 Å².